The van der Waals surface area contributed by atoms with Crippen LogP contribution in [0, 0.1) is 0 Å². The lowest BCUT2D eigenvalue weighted by molar-refractivity contribution is 0.112. The Hall–Kier alpha value is -1.85. The van der Waals surface area contributed by atoms with Crippen LogP contribution in [-0.2, 0) is 9.84 Å². The van der Waals surface area contributed by atoms with Crippen molar-refractivity contribution in [1.82, 2.24) is 0 Å². The number of carbonyl (C=O) groups excluding carboxylic acids is 1. The van der Waals surface area contributed by atoms with Gasteiger partial charge in [-0.25, -0.2) is 8.42 Å². The molecule has 0 fully saturated rings. The molecule has 0 aliphatic rings. The number of rotatable bonds is 4. The molecule has 0 radical (unpaired) electrons. The van der Waals surface area contributed by atoms with Crippen LogP contribution in [0.25, 0.3) is 0 Å². The van der Waals surface area contributed by atoms with Gasteiger partial charge in [-0.15, -0.1) is 0 Å². The molecule has 4 nitrogen and oxygen atoms in total. The molecule has 0 unspecified atom stereocenters. The number of aldehydes is 1. The number of ether oxygens (including phenoxy) is 1. The van der Waals surface area contributed by atoms with Gasteiger partial charge in [0.05, 0.1) is 15.5 Å². The third-order valence-electron chi connectivity index (χ3n) is 2.58. The van der Waals surface area contributed by atoms with E-state index >= 15 is 0 Å². The minimum atomic E-state index is -3.33. The Morgan fingerprint density at radius 3 is 2.50 bits per heavy atom. The molecule has 0 amide bonds. The van der Waals surface area contributed by atoms with Gasteiger partial charge in [-0.3, -0.25) is 4.79 Å². The quantitative estimate of drug-likeness (QED) is 0.813. The van der Waals surface area contributed by atoms with Crippen molar-refractivity contribution in [2.24, 2.45) is 0 Å². The Kier molecular flexibility index (Phi) is 4.11. The third kappa shape index (κ3) is 3.18. The highest BCUT2D eigenvalue weighted by molar-refractivity contribution is 7.90. The Morgan fingerprint density at radius 2 is 1.85 bits per heavy atom. The maximum atomic E-state index is 11.5. The Labute approximate surface area is 121 Å². The summed E-state index contributed by atoms with van der Waals surface area (Å²) in [6, 6.07) is 10.8. The summed E-state index contributed by atoms with van der Waals surface area (Å²) < 4.78 is 28.5. The van der Waals surface area contributed by atoms with E-state index in [9.17, 15) is 13.2 Å². The van der Waals surface area contributed by atoms with E-state index in [-0.39, 0.29) is 15.7 Å². The topological polar surface area (TPSA) is 60.4 Å². The van der Waals surface area contributed by atoms with E-state index in [1.54, 1.807) is 30.3 Å². The Balaban J connectivity index is 2.43. The van der Waals surface area contributed by atoms with Gasteiger partial charge in [0.1, 0.15) is 5.75 Å². The molecule has 104 valence electrons. The predicted molar refractivity (Wildman–Crippen MR) is 76.5 cm³/mol. The number of hydrogen-bond donors (Lipinski definition) is 0. The van der Waals surface area contributed by atoms with E-state index in [2.05, 4.69) is 0 Å². The van der Waals surface area contributed by atoms with Gasteiger partial charge in [0, 0.05) is 6.26 Å². The van der Waals surface area contributed by atoms with Gasteiger partial charge in [0.2, 0.25) is 0 Å². The summed E-state index contributed by atoms with van der Waals surface area (Å²) in [5, 5.41) is 0.277. The van der Waals surface area contributed by atoms with Crippen LogP contribution in [0.15, 0.2) is 47.4 Å². The fourth-order valence-electron chi connectivity index (χ4n) is 1.61. The third-order valence-corrected chi connectivity index (χ3v) is 3.99. The molecular weight excluding hydrogens is 300 g/mol. The summed E-state index contributed by atoms with van der Waals surface area (Å²) >= 11 is 5.99. The maximum Gasteiger partial charge on any atom is 0.175 e. The summed E-state index contributed by atoms with van der Waals surface area (Å²) in [6.45, 7) is 0. The van der Waals surface area contributed by atoms with E-state index in [4.69, 9.17) is 16.3 Å². The molecule has 0 spiro atoms. The molecule has 2 rings (SSSR count). The zero-order valence-corrected chi connectivity index (χ0v) is 12.1. The first-order chi connectivity index (χ1) is 9.41. The van der Waals surface area contributed by atoms with Crippen molar-refractivity contribution in [3.63, 3.8) is 0 Å². The molecule has 0 bridgehead atoms. The van der Waals surface area contributed by atoms with E-state index in [0.29, 0.717) is 17.6 Å². The second kappa shape index (κ2) is 5.64. The first-order valence-corrected chi connectivity index (χ1v) is 7.90. The molecule has 2 aromatic rings. The van der Waals surface area contributed by atoms with Crippen LogP contribution < -0.4 is 4.74 Å². The van der Waals surface area contributed by atoms with Gasteiger partial charge in [-0.05, 0) is 30.3 Å². The maximum absolute atomic E-state index is 11.5. The van der Waals surface area contributed by atoms with Crippen molar-refractivity contribution >= 4 is 27.7 Å². The second-order valence-electron chi connectivity index (χ2n) is 4.13. The Morgan fingerprint density at radius 1 is 1.15 bits per heavy atom. The van der Waals surface area contributed by atoms with E-state index in [1.807, 2.05) is 0 Å². The highest BCUT2D eigenvalue weighted by Gasteiger charge is 2.12. The van der Waals surface area contributed by atoms with Crippen LogP contribution in [0.3, 0.4) is 0 Å². The number of carbonyl (C=O) groups is 1. The zero-order chi connectivity index (χ0) is 14.8. The van der Waals surface area contributed by atoms with Crippen LogP contribution in [-0.4, -0.2) is 21.0 Å². The standard InChI is InChI=1S/C14H11ClO4S/c1-20(17,18)12-6-3-5-11(8-12)19-14-10(9-16)4-2-7-13(14)15/h2-9H,1H3. The van der Waals surface area contributed by atoms with E-state index < -0.39 is 9.84 Å². The SMILES string of the molecule is CS(=O)(=O)c1cccc(Oc2c(Cl)cccc2C=O)c1. The monoisotopic (exact) mass is 310 g/mol. The molecule has 0 aliphatic carbocycles. The lowest BCUT2D eigenvalue weighted by Crippen LogP contribution is -1.97. The number of benzene rings is 2. The van der Waals surface area contributed by atoms with Crippen molar-refractivity contribution in [3.05, 3.63) is 53.1 Å². The van der Waals surface area contributed by atoms with Crippen molar-refractivity contribution < 1.29 is 17.9 Å². The molecule has 0 saturated carbocycles. The van der Waals surface area contributed by atoms with E-state index in [0.717, 1.165) is 6.26 Å². The lowest BCUT2D eigenvalue weighted by atomic mass is 10.2. The van der Waals surface area contributed by atoms with Crippen LogP contribution in [0.1, 0.15) is 10.4 Å². The fourth-order valence-corrected chi connectivity index (χ4v) is 2.49. The largest absolute Gasteiger partial charge is 0.455 e. The van der Waals surface area contributed by atoms with Gasteiger partial charge < -0.3 is 4.74 Å². The lowest BCUT2D eigenvalue weighted by Gasteiger charge is -2.10. The molecule has 6 heteroatoms. The van der Waals surface area contributed by atoms with Gasteiger partial charge in [0.25, 0.3) is 0 Å². The molecule has 2 aromatic carbocycles. The summed E-state index contributed by atoms with van der Waals surface area (Å²) in [5.41, 5.74) is 0.294. The highest BCUT2D eigenvalue weighted by Crippen LogP contribution is 2.32. The molecule has 0 aliphatic heterocycles. The number of sulfone groups is 1. The van der Waals surface area contributed by atoms with Crippen LogP contribution in [0.2, 0.25) is 5.02 Å². The van der Waals surface area contributed by atoms with Crippen molar-refractivity contribution in [2.45, 2.75) is 4.90 Å². The van der Waals surface area contributed by atoms with Gasteiger partial charge in [-0.2, -0.15) is 0 Å². The smallest absolute Gasteiger partial charge is 0.175 e. The predicted octanol–water partition coefficient (Wildman–Crippen LogP) is 3.35. The van der Waals surface area contributed by atoms with Gasteiger partial charge in [-0.1, -0.05) is 23.7 Å². The van der Waals surface area contributed by atoms with Crippen molar-refractivity contribution in [3.8, 4) is 11.5 Å². The van der Waals surface area contributed by atoms with Crippen molar-refractivity contribution in [1.29, 1.82) is 0 Å². The highest BCUT2D eigenvalue weighted by atomic mass is 35.5. The van der Waals surface area contributed by atoms with Crippen molar-refractivity contribution in [2.75, 3.05) is 6.26 Å². The summed E-state index contributed by atoms with van der Waals surface area (Å²) in [4.78, 5) is 11.1. The van der Waals surface area contributed by atoms with Gasteiger partial charge >= 0.3 is 0 Å². The van der Waals surface area contributed by atoms with Crippen LogP contribution in [0.5, 0.6) is 11.5 Å². The first-order valence-electron chi connectivity index (χ1n) is 5.63. The summed E-state index contributed by atoms with van der Waals surface area (Å²) in [7, 11) is -3.33. The number of hydrogen-bond acceptors (Lipinski definition) is 4. The summed E-state index contributed by atoms with van der Waals surface area (Å²) in [6.07, 6.45) is 1.74. The van der Waals surface area contributed by atoms with Crippen LogP contribution in [0.4, 0.5) is 0 Å². The average Bonchev–Trinajstić information content (AvgIpc) is 2.40. The molecule has 0 heterocycles. The average molecular weight is 311 g/mol. The number of para-hydroxylation sites is 1. The molecular formula is C14H11ClO4S. The first kappa shape index (κ1) is 14.6. The minimum Gasteiger partial charge on any atom is -0.455 e. The normalized spacial score (nSPS) is 11.1. The van der Waals surface area contributed by atoms with E-state index in [1.165, 1.54) is 12.1 Å². The summed E-state index contributed by atoms with van der Waals surface area (Å²) in [5.74, 6) is 0.499. The molecule has 0 aromatic heterocycles. The zero-order valence-electron chi connectivity index (χ0n) is 10.5. The van der Waals surface area contributed by atoms with Crippen LogP contribution >= 0.6 is 11.6 Å². The molecule has 0 saturated heterocycles. The number of halogens is 1. The molecule has 0 N–H and O–H groups in total. The minimum absolute atomic E-state index is 0.134. The second-order valence-corrected chi connectivity index (χ2v) is 6.55. The van der Waals surface area contributed by atoms with Gasteiger partial charge in [0.15, 0.2) is 21.9 Å². The molecule has 20 heavy (non-hydrogen) atoms. The Bertz CT molecular complexity index is 754. The molecule has 0 atom stereocenters. The fraction of sp³-hybridized carbons (Fsp3) is 0.0714.